The third-order valence-corrected chi connectivity index (χ3v) is 4.85. The van der Waals surface area contributed by atoms with Crippen molar-refractivity contribution in [3.05, 3.63) is 59.7 Å². The minimum atomic E-state index is -4.59. The van der Waals surface area contributed by atoms with Crippen molar-refractivity contribution >= 4 is 28.6 Å². The van der Waals surface area contributed by atoms with Gasteiger partial charge in [0.25, 0.3) is 5.91 Å². The zero-order valence-electron chi connectivity index (χ0n) is 17.3. The maximum absolute atomic E-state index is 12.9. The molecular formula is C20H19F3N8O. The summed E-state index contributed by atoms with van der Waals surface area (Å²) in [6, 6.07) is 7.47. The first-order valence-electron chi connectivity index (χ1n) is 9.55. The number of alkyl halides is 3. The molecule has 0 aliphatic heterocycles. The number of nitrogens with one attached hydrogen (secondary N) is 2. The van der Waals surface area contributed by atoms with E-state index in [1.54, 1.807) is 42.3 Å². The van der Waals surface area contributed by atoms with E-state index in [2.05, 4.69) is 30.8 Å². The number of carbonyl (C=O) groups excluding carboxylic acids is 1. The molecule has 0 spiro atoms. The van der Waals surface area contributed by atoms with Gasteiger partial charge in [-0.3, -0.25) is 9.48 Å². The van der Waals surface area contributed by atoms with Gasteiger partial charge in [-0.1, -0.05) is 12.1 Å². The van der Waals surface area contributed by atoms with E-state index in [0.29, 0.717) is 27.4 Å². The van der Waals surface area contributed by atoms with Crippen LogP contribution in [0, 0.1) is 0 Å². The van der Waals surface area contributed by atoms with Crippen LogP contribution in [0.5, 0.6) is 0 Å². The van der Waals surface area contributed by atoms with E-state index in [1.807, 2.05) is 13.0 Å². The van der Waals surface area contributed by atoms with Gasteiger partial charge >= 0.3 is 6.18 Å². The van der Waals surface area contributed by atoms with E-state index < -0.39 is 17.8 Å². The standard InChI is InChI=1S/C20H19F3N8O/c1-11(26-17-10-24-15-9-25-31(3)18(15)28-17)12-5-4-6-13(7-12)27-19(32)14-8-16(20(21,22)23)30(2)29-14/h4-11H,1-3H3,(H,26,28)(H,27,32)/t11-/m0/s1. The molecule has 4 aromatic rings. The summed E-state index contributed by atoms with van der Waals surface area (Å²) in [6.45, 7) is 1.91. The first kappa shape index (κ1) is 21.3. The average molecular weight is 444 g/mol. The van der Waals surface area contributed by atoms with Gasteiger partial charge < -0.3 is 10.6 Å². The molecule has 0 unspecified atom stereocenters. The van der Waals surface area contributed by atoms with Gasteiger partial charge in [0, 0.05) is 25.8 Å². The number of aromatic nitrogens is 6. The van der Waals surface area contributed by atoms with Crippen molar-refractivity contribution in [1.82, 2.24) is 29.5 Å². The van der Waals surface area contributed by atoms with Crippen molar-refractivity contribution in [1.29, 1.82) is 0 Å². The minimum Gasteiger partial charge on any atom is -0.362 e. The number of halogens is 3. The highest BCUT2D eigenvalue weighted by atomic mass is 19.4. The molecule has 1 aromatic carbocycles. The molecule has 3 aromatic heterocycles. The summed E-state index contributed by atoms with van der Waals surface area (Å²) in [5, 5.41) is 13.6. The molecule has 0 saturated carbocycles. The maximum Gasteiger partial charge on any atom is 0.433 e. The quantitative estimate of drug-likeness (QED) is 0.488. The van der Waals surface area contributed by atoms with Crippen LogP contribution < -0.4 is 10.6 Å². The monoisotopic (exact) mass is 444 g/mol. The predicted octanol–water partition coefficient (Wildman–Crippen LogP) is 3.54. The summed E-state index contributed by atoms with van der Waals surface area (Å²) in [4.78, 5) is 21.2. The van der Waals surface area contributed by atoms with Gasteiger partial charge in [0.2, 0.25) is 0 Å². The molecule has 0 radical (unpaired) electrons. The van der Waals surface area contributed by atoms with E-state index in [9.17, 15) is 18.0 Å². The molecule has 4 rings (SSSR count). The summed E-state index contributed by atoms with van der Waals surface area (Å²) >= 11 is 0. The fourth-order valence-corrected chi connectivity index (χ4v) is 3.21. The van der Waals surface area contributed by atoms with Crippen molar-refractivity contribution in [2.45, 2.75) is 19.1 Å². The molecular weight excluding hydrogens is 425 g/mol. The lowest BCUT2D eigenvalue weighted by atomic mass is 10.1. The van der Waals surface area contributed by atoms with Crippen LogP contribution in [0.15, 0.2) is 42.7 Å². The van der Waals surface area contributed by atoms with Gasteiger partial charge in [0.05, 0.1) is 18.4 Å². The zero-order chi connectivity index (χ0) is 23.0. The fraction of sp³-hybridized carbons (Fsp3) is 0.250. The molecule has 0 aliphatic carbocycles. The molecule has 0 saturated heterocycles. The second-order valence-electron chi connectivity index (χ2n) is 7.21. The first-order valence-corrected chi connectivity index (χ1v) is 9.55. The third-order valence-electron chi connectivity index (χ3n) is 4.85. The van der Waals surface area contributed by atoms with Crippen LogP contribution in [0.25, 0.3) is 11.2 Å². The second kappa shape index (κ2) is 7.94. The highest BCUT2D eigenvalue weighted by Crippen LogP contribution is 2.29. The van der Waals surface area contributed by atoms with Crippen molar-refractivity contribution in [2.24, 2.45) is 14.1 Å². The Morgan fingerprint density at radius 2 is 1.91 bits per heavy atom. The van der Waals surface area contributed by atoms with Gasteiger partial charge in [-0.05, 0) is 24.6 Å². The second-order valence-corrected chi connectivity index (χ2v) is 7.21. The van der Waals surface area contributed by atoms with Crippen molar-refractivity contribution < 1.29 is 18.0 Å². The van der Waals surface area contributed by atoms with Crippen LogP contribution in [-0.4, -0.2) is 35.4 Å². The Hall–Kier alpha value is -3.96. The molecule has 0 aliphatic rings. The van der Waals surface area contributed by atoms with Crippen LogP contribution in [0.1, 0.15) is 34.7 Å². The molecule has 0 fully saturated rings. The average Bonchev–Trinajstić information content (AvgIpc) is 3.31. The zero-order valence-corrected chi connectivity index (χ0v) is 17.3. The van der Waals surface area contributed by atoms with Gasteiger partial charge in [-0.15, -0.1) is 0 Å². The number of hydrogen-bond acceptors (Lipinski definition) is 6. The highest BCUT2D eigenvalue weighted by molar-refractivity contribution is 6.03. The fourth-order valence-electron chi connectivity index (χ4n) is 3.21. The normalized spacial score (nSPS) is 12.7. The van der Waals surface area contributed by atoms with E-state index in [-0.39, 0.29) is 11.7 Å². The molecule has 3 heterocycles. The van der Waals surface area contributed by atoms with E-state index >= 15 is 0 Å². The molecule has 2 N–H and O–H groups in total. The highest BCUT2D eigenvalue weighted by Gasteiger charge is 2.35. The Labute approximate surface area is 180 Å². The van der Waals surface area contributed by atoms with Crippen molar-refractivity contribution in [3.63, 3.8) is 0 Å². The number of anilines is 2. The van der Waals surface area contributed by atoms with Gasteiger partial charge in [0.15, 0.2) is 11.3 Å². The van der Waals surface area contributed by atoms with E-state index in [1.165, 1.54) is 0 Å². The van der Waals surface area contributed by atoms with Crippen molar-refractivity contribution in [3.8, 4) is 0 Å². The molecule has 1 atom stereocenters. The largest absolute Gasteiger partial charge is 0.433 e. The number of benzene rings is 1. The molecule has 9 nitrogen and oxygen atoms in total. The summed E-state index contributed by atoms with van der Waals surface area (Å²) in [7, 11) is 2.91. The Morgan fingerprint density at radius 3 is 2.62 bits per heavy atom. The molecule has 1 amide bonds. The van der Waals surface area contributed by atoms with Gasteiger partial charge in [-0.25, -0.2) is 14.6 Å². The molecule has 166 valence electrons. The number of fused-ring (bicyclic) bond motifs is 1. The first-order chi connectivity index (χ1) is 15.1. The van der Waals surface area contributed by atoms with E-state index in [0.717, 1.165) is 18.7 Å². The molecule has 0 bridgehead atoms. The lowest BCUT2D eigenvalue weighted by Gasteiger charge is -2.16. The minimum absolute atomic E-state index is 0.196. The predicted molar refractivity (Wildman–Crippen MR) is 111 cm³/mol. The van der Waals surface area contributed by atoms with Gasteiger partial charge in [-0.2, -0.15) is 23.4 Å². The number of hydrogen-bond donors (Lipinski definition) is 2. The molecule has 32 heavy (non-hydrogen) atoms. The lowest BCUT2D eigenvalue weighted by molar-refractivity contribution is -0.143. The summed E-state index contributed by atoms with van der Waals surface area (Å²) in [6.07, 6.45) is -1.37. The Kier molecular flexibility index (Phi) is 5.28. The SMILES string of the molecule is C[C@H](Nc1cnc2cnn(C)c2n1)c1cccc(NC(=O)c2cc(C(F)(F)F)n(C)n2)c1. The maximum atomic E-state index is 12.9. The van der Waals surface area contributed by atoms with Gasteiger partial charge in [0.1, 0.15) is 17.0 Å². The van der Waals surface area contributed by atoms with E-state index in [4.69, 9.17) is 0 Å². The van der Waals surface area contributed by atoms with Crippen LogP contribution >= 0.6 is 0 Å². The topological polar surface area (TPSA) is 103 Å². The lowest BCUT2D eigenvalue weighted by Crippen LogP contribution is -2.14. The molecule has 12 heteroatoms. The summed E-state index contributed by atoms with van der Waals surface area (Å²) in [5.41, 5.74) is 1.24. The summed E-state index contributed by atoms with van der Waals surface area (Å²) in [5.74, 6) is -0.183. The summed E-state index contributed by atoms with van der Waals surface area (Å²) < 4.78 is 41.1. The van der Waals surface area contributed by atoms with Crippen LogP contribution in [-0.2, 0) is 20.3 Å². The van der Waals surface area contributed by atoms with Crippen LogP contribution in [0.2, 0.25) is 0 Å². The Balaban J connectivity index is 1.49. The number of rotatable bonds is 5. The number of carbonyl (C=O) groups is 1. The Morgan fingerprint density at radius 1 is 1.12 bits per heavy atom. The Bertz CT molecular complexity index is 1290. The van der Waals surface area contributed by atoms with Crippen LogP contribution in [0.4, 0.5) is 24.7 Å². The number of amides is 1. The van der Waals surface area contributed by atoms with Crippen LogP contribution in [0.3, 0.4) is 0 Å². The number of nitrogens with zero attached hydrogens (tertiary/aromatic N) is 6. The number of aryl methyl sites for hydroxylation is 2. The smallest absolute Gasteiger partial charge is 0.362 e. The third kappa shape index (κ3) is 4.24. The van der Waals surface area contributed by atoms with Crippen molar-refractivity contribution in [2.75, 3.05) is 10.6 Å².